The molecular formula is C8H10N2S. The first kappa shape index (κ1) is 6.85. The fraction of sp³-hybridized carbons (Fsp3) is 0.250. The van der Waals surface area contributed by atoms with Crippen LogP contribution >= 0.6 is 12.6 Å². The molecule has 0 fully saturated rings. The lowest BCUT2D eigenvalue weighted by Crippen LogP contribution is -2.25. The van der Waals surface area contributed by atoms with E-state index >= 15 is 0 Å². The molecule has 0 aromatic heterocycles. The molecule has 0 aliphatic carbocycles. The minimum atomic E-state index is 0.118. The van der Waals surface area contributed by atoms with E-state index in [9.17, 15) is 0 Å². The van der Waals surface area contributed by atoms with Crippen LogP contribution in [0.5, 0.6) is 0 Å². The van der Waals surface area contributed by atoms with Gasteiger partial charge in [0, 0.05) is 7.05 Å². The minimum absolute atomic E-state index is 0.118. The Morgan fingerprint density at radius 3 is 2.91 bits per heavy atom. The van der Waals surface area contributed by atoms with Crippen LogP contribution in [-0.2, 0) is 0 Å². The summed E-state index contributed by atoms with van der Waals surface area (Å²) in [5.41, 5.74) is 2.50. The highest BCUT2D eigenvalue weighted by molar-refractivity contribution is 7.81. The van der Waals surface area contributed by atoms with Crippen molar-refractivity contribution in [1.82, 2.24) is 0 Å². The fourth-order valence-corrected chi connectivity index (χ4v) is 1.53. The van der Waals surface area contributed by atoms with E-state index < -0.39 is 0 Å². The molecule has 1 aliphatic heterocycles. The molecule has 0 bridgehead atoms. The maximum Gasteiger partial charge on any atom is 0.145 e. The topological polar surface area (TPSA) is 15.3 Å². The number of fused-ring (bicyclic) bond motifs is 1. The van der Waals surface area contributed by atoms with Gasteiger partial charge < -0.3 is 10.2 Å². The normalized spacial score (nSPS) is 21.3. The molecule has 1 atom stereocenters. The first-order valence-electron chi connectivity index (χ1n) is 3.55. The highest BCUT2D eigenvalue weighted by Gasteiger charge is 2.20. The molecule has 0 amide bonds. The fourth-order valence-electron chi connectivity index (χ4n) is 1.27. The van der Waals surface area contributed by atoms with Crippen LogP contribution in [-0.4, -0.2) is 12.5 Å². The standard InChI is InChI=1S/C8H10N2S/c1-10-7-5-3-2-4-6(7)9-8(10)11/h2-5,8-9,11H,1H3/t8-/m0/s1. The molecule has 0 saturated heterocycles. The van der Waals surface area contributed by atoms with Crippen molar-refractivity contribution < 1.29 is 0 Å². The second kappa shape index (κ2) is 2.34. The van der Waals surface area contributed by atoms with Crippen LogP contribution in [0.2, 0.25) is 0 Å². The molecule has 58 valence electrons. The first-order valence-corrected chi connectivity index (χ1v) is 4.07. The van der Waals surface area contributed by atoms with Gasteiger partial charge in [0.2, 0.25) is 0 Å². The van der Waals surface area contributed by atoms with Crippen LogP contribution < -0.4 is 10.2 Å². The van der Waals surface area contributed by atoms with E-state index in [2.05, 4.69) is 35.0 Å². The smallest absolute Gasteiger partial charge is 0.145 e. The molecule has 2 rings (SSSR count). The molecule has 1 aromatic rings. The van der Waals surface area contributed by atoms with E-state index in [1.165, 1.54) is 5.69 Å². The molecule has 0 unspecified atom stereocenters. The lowest BCUT2D eigenvalue weighted by atomic mass is 10.3. The summed E-state index contributed by atoms with van der Waals surface area (Å²) in [7, 11) is 2.02. The molecule has 1 N–H and O–H groups in total. The molecule has 0 spiro atoms. The Balaban J connectivity index is 2.47. The number of nitrogens with one attached hydrogen (secondary N) is 1. The van der Waals surface area contributed by atoms with Crippen molar-refractivity contribution in [3.63, 3.8) is 0 Å². The SMILES string of the molecule is CN1c2ccccc2N[C@@H]1S. The number of hydrogen-bond acceptors (Lipinski definition) is 3. The average molecular weight is 166 g/mol. The summed E-state index contributed by atoms with van der Waals surface area (Å²) in [6, 6.07) is 8.19. The molecule has 1 heterocycles. The summed E-state index contributed by atoms with van der Waals surface area (Å²) in [6.07, 6.45) is 0. The largest absolute Gasteiger partial charge is 0.355 e. The molecule has 3 heteroatoms. The maximum absolute atomic E-state index is 4.35. The lowest BCUT2D eigenvalue weighted by Gasteiger charge is -2.15. The first-order chi connectivity index (χ1) is 5.29. The zero-order valence-electron chi connectivity index (χ0n) is 6.28. The number of thiol groups is 1. The summed E-state index contributed by atoms with van der Waals surface area (Å²) >= 11 is 4.35. The summed E-state index contributed by atoms with van der Waals surface area (Å²) in [6.45, 7) is 0. The number of benzene rings is 1. The van der Waals surface area contributed by atoms with E-state index in [1.807, 2.05) is 19.2 Å². The van der Waals surface area contributed by atoms with Crippen LogP contribution in [0, 0.1) is 0 Å². The number of anilines is 2. The van der Waals surface area contributed by atoms with Gasteiger partial charge in [-0.05, 0) is 12.1 Å². The summed E-state index contributed by atoms with van der Waals surface area (Å²) in [5, 5.41) is 3.24. The Kier molecular flexibility index (Phi) is 1.46. The van der Waals surface area contributed by atoms with Gasteiger partial charge in [0.15, 0.2) is 0 Å². The van der Waals surface area contributed by atoms with E-state index in [-0.39, 0.29) is 5.50 Å². The van der Waals surface area contributed by atoms with Gasteiger partial charge >= 0.3 is 0 Å². The predicted octanol–water partition coefficient (Wildman–Crippen LogP) is 1.76. The van der Waals surface area contributed by atoms with Crippen molar-refractivity contribution in [2.75, 3.05) is 17.3 Å². The number of para-hydroxylation sites is 2. The maximum atomic E-state index is 4.35. The van der Waals surface area contributed by atoms with Crippen molar-refractivity contribution in [3.05, 3.63) is 24.3 Å². The van der Waals surface area contributed by atoms with E-state index in [0.29, 0.717) is 0 Å². The second-order valence-electron chi connectivity index (χ2n) is 2.65. The summed E-state index contributed by atoms with van der Waals surface area (Å²) in [4.78, 5) is 2.10. The van der Waals surface area contributed by atoms with E-state index in [1.54, 1.807) is 0 Å². The molecule has 0 saturated carbocycles. The monoisotopic (exact) mass is 166 g/mol. The zero-order chi connectivity index (χ0) is 7.84. The molecule has 1 aliphatic rings. The van der Waals surface area contributed by atoms with Crippen LogP contribution in [0.1, 0.15) is 0 Å². The van der Waals surface area contributed by atoms with Gasteiger partial charge in [-0.25, -0.2) is 0 Å². The van der Waals surface area contributed by atoms with Crippen molar-refractivity contribution in [2.45, 2.75) is 5.50 Å². The van der Waals surface area contributed by atoms with Crippen LogP contribution in [0.4, 0.5) is 11.4 Å². The van der Waals surface area contributed by atoms with Crippen molar-refractivity contribution in [2.24, 2.45) is 0 Å². The van der Waals surface area contributed by atoms with Gasteiger partial charge in [-0.15, -0.1) is 12.6 Å². The van der Waals surface area contributed by atoms with Gasteiger partial charge in [-0.1, -0.05) is 12.1 Å². The lowest BCUT2D eigenvalue weighted by molar-refractivity contribution is 0.979. The van der Waals surface area contributed by atoms with Crippen LogP contribution in [0.3, 0.4) is 0 Å². The Labute approximate surface area is 71.6 Å². The highest BCUT2D eigenvalue weighted by Crippen LogP contribution is 2.33. The number of nitrogens with zero attached hydrogens (tertiary/aromatic N) is 1. The number of rotatable bonds is 0. The van der Waals surface area contributed by atoms with Crippen molar-refractivity contribution in [3.8, 4) is 0 Å². The van der Waals surface area contributed by atoms with Crippen molar-refractivity contribution >= 4 is 24.0 Å². The molecule has 11 heavy (non-hydrogen) atoms. The third-order valence-corrected chi connectivity index (χ3v) is 2.41. The van der Waals surface area contributed by atoms with Gasteiger partial charge in [0.25, 0.3) is 0 Å². The Morgan fingerprint density at radius 2 is 2.18 bits per heavy atom. The third-order valence-electron chi connectivity index (χ3n) is 1.94. The minimum Gasteiger partial charge on any atom is -0.355 e. The Morgan fingerprint density at radius 1 is 1.45 bits per heavy atom. The second-order valence-corrected chi connectivity index (χ2v) is 3.14. The molecular weight excluding hydrogens is 156 g/mol. The summed E-state index contributed by atoms with van der Waals surface area (Å²) in [5.74, 6) is 0. The van der Waals surface area contributed by atoms with E-state index in [4.69, 9.17) is 0 Å². The summed E-state index contributed by atoms with van der Waals surface area (Å²) < 4.78 is 0. The van der Waals surface area contributed by atoms with Gasteiger partial charge in [-0.3, -0.25) is 0 Å². The molecule has 0 radical (unpaired) electrons. The number of hydrogen-bond donors (Lipinski definition) is 2. The van der Waals surface area contributed by atoms with Gasteiger partial charge in [0.05, 0.1) is 11.4 Å². The molecule has 2 nitrogen and oxygen atoms in total. The quantitative estimate of drug-likeness (QED) is 0.571. The van der Waals surface area contributed by atoms with Crippen LogP contribution in [0.15, 0.2) is 24.3 Å². The predicted molar refractivity (Wildman–Crippen MR) is 51.2 cm³/mol. The van der Waals surface area contributed by atoms with Crippen LogP contribution in [0.25, 0.3) is 0 Å². The van der Waals surface area contributed by atoms with Crippen molar-refractivity contribution in [1.29, 1.82) is 0 Å². The van der Waals surface area contributed by atoms with E-state index in [0.717, 1.165) is 5.69 Å². The van der Waals surface area contributed by atoms with Gasteiger partial charge in [0.1, 0.15) is 5.50 Å². The highest BCUT2D eigenvalue weighted by atomic mass is 32.1. The Hall–Kier alpha value is -0.830. The Bertz CT molecular complexity index is 275. The zero-order valence-corrected chi connectivity index (χ0v) is 7.18. The third kappa shape index (κ3) is 0.959. The van der Waals surface area contributed by atoms with Gasteiger partial charge in [-0.2, -0.15) is 0 Å². The molecule has 1 aromatic carbocycles. The average Bonchev–Trinajstić information content (AvgIpc) is 2.30.